The molecular formula is C15H18FN3O2. The van der Waals surface area contributed by atoms with Crippen molar-refractivity contribution in [3.05, 3.63) is 47.3 Å². The molecule has 1 aromatic carbocycles. The zero-order chi connectivity index (χ0) is 15.4. The van der Waals surface area contributed by atoms with Gasteiger partial charge in [-0.1, -0.05) is 32.0 Å². The Labute approximate surface area is 122 Å². The van der Waals surface area contributed by atoms with Crippen LogP contribution in [-0.2, 0) is 9.53 Å². The molecule has 1 aromatic heterocycles. The third-order valence-electron chi connectivity index (χ3n) is 3.05. The van der Waals surface area contributed by atoms with E-state index >= 15 is 0 Å². The smallest absolute Gasteiger partial charge is 0.321 e. The number of carbonyl (C=O) groups is 1. The van der Waals surface area contributed by atoms with E-state index in [2.05, 4.69) is 15.2 Å². The molecule has 0 aliphatic heterocycles. The fourth-order valence-corrected chi connectivity index (χ4v) is 2.00. The first kappa shape index (κ1) is 15.2. The highest BCUT2D eigenvalue weighted by Crippen LogP contribution is 2.26. The molecule has 21 heavy (non-hydrogen) atoms. The molecule has 112 valence electrons. The van der Waals surface area contributed by atoms with Crippen molar-refractivity contribution in [3.63, 3.8) is 0 Å². The number of hydrogen-bond acceptors (Lipinski definition) is 4. The predicted octanol–water partition coefficient (Wildman–Crippen LogP) is 2.76. The summed E-state index contributed by atoms with van der Waals surface area (Å²) in [5, 5.41) is 6.79. The largest absolute Gasteiger partial charge is 0.465 e. The first-order valence-corrected chi connectivity index (χ1v) is 6.87. The second-order valence-corrected chi connectivity index (χ2v) is 4.94. The standard InChI is InChI=1S/C15H18FN3O2/c1-4-21-15(20)12(10-7-5-6-8-11(10)16)14-17-13(9(2)3)18-19-14/h5-9,12H,4H2,1-3H3,(H,17,18,19). The van der Waals surface area contributed by atoms with Crippen molar-refractivity contribution in [1.29, 1.82) is 0 Å². The van der Waals surface area contributed by atoms with E-state index < -0.39 is 17.7 Å². The molecule has 0 saturated carbocycles. The average molecular weight is 291 g/mol. The van der Waals surface area contributed by atoms with Crippen molar-refractivity contribution >= 4 is 5.97 Å². The summed E-state index contributed by atoms with van der Waals surface area (Å²) in [5.74, 6) is -0.977. The summed E-state index contributed by atoms with van der Waals surface area (Å²) in [7, 11) is 0. The number of nitrogens with zero attached hydrogens (tertiary/aromatic N) is 2. The van der Waals surface area contributed by atoms with Gasteiger partial charge < -0.3 is 4.74 Å². The summed E-state index contributed by atoms with van der Waals surface area (Å²) in [4.78, 5) is 16.5. The minimum Gasteiger partial charge on any atom is -0.465 e. The lowest BCUT2D eigenvalue weighted by atomic mass is 9.98. The number of rotatable bonds is 5. The number of aromatic amines is 1. The van der Waals surface area contributed by atoms with Crippen LogP contribution >= 0.6 is 0 Å². The normalized spacial score (nSPS) is 12.4. The number of hydrogen-bond donors (Lipinski definition) is 1. The Balaban J connectivity index is 2.45. The van der Waals surface area contributed by atoms with Crippen molar-refractivity contribution in [2.75, 3.05) is 6.61 Å². The lowest BCUT2D eigenvalue weighted by molar-refractivity contribution is -0.144. The Hall–Kier alpha value is -2.24. The van der Waals surface area contributed by atoms with E-state index in [9.17, 15) is 9.18 Å². The van der Waals surface area contributed by atoms with Gasteiger partial charge in [0.05, 0.1) is 6.61 Å². The maximum atomic E-state index is 14.0. The van der Waals surface area contributed by atoms with Crippen molar-refractivity contribution < 1.29 is 13.9 Å². The van der Waals surface area contributed by atoms with Crippen LogP contribution in [0.15, 0.2) is 24.3 Å². The second-order valence-electron chi connectivity index (χ2n) is 4.94. The van der Waals surface area contributed by atoms with E-state index in [0.29, 0.717) is 11.6 Å². The van der Waals surface area contributed by atoms with Gasteiger partial charge in [-0.05, 0) is 13.0 Å². The van der Waals surface area contributed by atoms with E-state index in [0.717, 1.165) is 0 Å². The van der Waals surface area contributed by atoms with Gasteiger partial charge in [0.2, 0.25) is 0 Å². The van der Waals surface area contributed by atoms with Crippen molar-refractivity contribution in [1.82, 2.24) is 15.2 Å². The summed E-state index contributed by atoms with van der Waals surface area (Å²) in [5.41, 5.74) is 0.224. The first-order valence-electron chi connectivity index (χ1n) is 6.87. The fraction of sp³-hybridized carbons (Fsp3) is 0.400. The fourth-order valence-electron chi connectivity index (χ4n) is 2.00. The predicted molar refractivity (Wildman–Crippen MR) is 75.3 cm³/mol. The van der Waals surface area contributed by atoms with Gasteiger partial charge >= 0.3 is 5.97 Å². The Morgan fingerprint density at radius 1 is 1.38 bits per heavy atom. The molecule has 0 radical (unpaired) electrons. The van der Waals surface area contributed by atoms with Gasteiger partial charge in [-0.3, -0.25) is 9.89 Å². The molecule has 0 aliphatic carbocycles. The Bertz CT molecular complexity index is 625. The molecule has 2 aromatic rings. The van der Waals surface area contributed by atoms with Gasteiger partial charge in [-0.15, -0.1) is 0 Å². The molecule has 5 nitrogen and oxygen atoms in total. The van der Waals surface area contributed by atoms with Gasteiger partial charge in [-0.25, -0.2) is 9.37 Å². The third-order valence-corrected chi connectivity index (χ3v) is 3.05. The van der Waals surface area contributed by atoms with Crippen molar-refractivity contribution in [3.8, 4) is 0 Å². The van der Waals surface area contributed by atoms with E-state index in [-0.39, 0.29) is 18.1 Å². The number of ether oxygens (including phenoxy) is 1. The van der Waals surface area contributed by atoms with Gasteiger partial charge in [-0.2, -0.15) is 5.10 Å². The molecule has 1 heterocycles. The lowest BCUT2D eigenvalue weighted by Crippen LogP contribution is -2.19. The summed E-state index contributed by atoms with van der Waals surface area (Å²) in [6.45, 7) is 5.80. The van der Waals surface area contributed by atoms with Crippen LogP contribution < -0.4 is 0 Å². The molecule has 6 heteroatoms. The SMILES string of the molecule is CCOC(=O)C(c1nc(C(C)C)n[nH]1)c1ccccc1F. The van der Waals surface area contributed by atoms with Crippen LogP contribution in [-0.4, -0.2) is 27.8 Å². The number of H-pyrrole nitrogens is 1. The van der Waals surface area contributed by atoms with Crippen molar-refractivity contribution in [2.24, 2.45) is 0 Å². The maximum Gasteiger partial charge on any atom is 0.321 e. The van der Waals surface area contributed by atoms with Crippen molar-refractivity contribution in [2.45, 2.75) is 32.6 Å². The van der Waals surface area contributed by atoms with E-state index in [1.54, 1.807) is 25.1 Å². The molecular weight excluding hydrogens is 273 g/mol. The first-order chi connectivity index (χ1) is 10.0. The van der Waals surface area contributed by atoms with Crippen LogP contribution in [0.2, 0.25) is 0 Å². The van der Waals surface area contributed by atoms with Crippen LogP contribution in [0.25, 0.3) is 0 Å². The van der Waals surface area contributed by atoms with Crippen LogP contribution in [0.4, 0.5) is 4.39 Å². The Morgan fingerprint density at radius 2 is 2.10 bits per heavy atom. The minimum atomic E-state index is -0.939. The monoisotopic (exact) mass is 291 g/mol. The Kier molecular flexibility index (Phi) is 4.67. The number of halogens is 1. The molecule has 0 saturated heterocycles. The van der Waals surface area contributed by atoms with Gasteiger partial charge in [0.25, 0.3) is 0 Å². The van der Waals surface area contributed by atoms with Crippen LogP contribution in [0.5, 0.6) is 0 Å². The highest BCUT2D eigenvalue weighted by Gasteiger charge is 2.30. The summed E-state index contributed by atoms with van der Waals surface area (Å²) in [6, 6.07) is 6.10. The highest BCUT2D eigenvalue weighted by molar-refractivity contribution is 5.81. The van der Waals surface area contributed by atoms with E-state index in [1.807, 2.05) is 13.8 Å². The third kappa shape index (κ3) is 3.26. The van der Waals surface area contributed by atoms with Crippen LogP contribution in [0.3, 0.4) is 0 Å². The molecule has 2 rings (SSSR count). The summed E-state index contributed by atoms with van der Waals surface area (Å²) >= 11 is 0. The van der Waals surface area contributed by atoms with Gasteiger partial charge in [0.15, 0.2) is 5.82 Å². The molecule has 1 N–H and O–H groups in total. The summed E-state index contributed by atoms with van der Waals surface area (Å²) < 4.78 is 19.1. The van der Waals surface area contributed by atoms with Gasteiger partial charge in [0.1, 0.15) is 17.6 Å². The topological polar surface area (TPSA) is 67.9 Å². The average Bonchev–Trinajstić information content (AvgIpc) is 2.91. The van der Waals surface area contributed by atoms with Crippen LogP contribution in [0.1, 0.15) is 49.8 Å². The number of esters is 1. The molecule has 1 unspecified atom stereocenters. The van der Waals surface area contributed by atoms with Crippen LogP contribution in [0, 0.1) is 5.82 Å². The quantitative estimate of drug-likeness (QED) is 0.860. The molecule has 0 fully saturated rings. The molecule has 0 bridgehead atoms. The Morgan fingerprint density at radius 3 is 2.67 bits per heavy atom. The summed E-state index contributed by atoms with van der Waals surface area (Å²) in [6.07, 6.45) is 0. The molecule has 0 amide bonds. The van der Waals surface area contributed by atoms with E-state index in [4.69, 9.17) is 4.74 Å². The second kappa shape index (κ2) is 6.47. The maximum absolute atomic E-state index is 14.0. The molecule has 1 atom stereocenters. The number of nitrogens with one attached hydrogen (secondary N) is 1. The zero-order valence-corrected chi connectivity index (χ0v) is 12.3. The zero-order valence-electron chi connectivity index (χ0n) is 12.3. The van der Waals surface area contributed by atoms with Gasteiger partial charge in [0, 0.05) is 11.5 Å². The molecule has 0 spiro atoms. The number of aromatic nitrogens is 3. The number of benzene rings is 1. The molecule has 0 aliphatic rings. The number of carbonyl (C=O) groups excluding carboxylic acids is 1. The minimum absolute atomic E-state index is 0.110. The highest BCUT2D eigenvalue weighted by atomic mass is 19.1. The van der Waals surface area contributed by atoms with E-state index in [1.165, 1.54) is 6.07 Å². The lowest BCUT2D eigenvalue weighted by Gasteiger charge is -2.14.